The molecule has 1 saturated carbocycles. The number of hydrogen-bond acceptors (Lipinski definition) is 1. The van der Waals surface area contributed by atoms with Crippen molar-refractivity contribution in [2.24, 2.45) is 17.3 Å². The second-order valence-corrected chi connectivity index (χ2v) is 6.66. The minimum absolute atomic E-state index is 0.384. The van der Waals surface area contributed by atoms with Crippen molar-refractivity contribution in [3.8, 4) is 0 Å². The van der Waals surface area contributed by atoms with Crippen LogP contribution in [0.4, 0.5) is 0 Å². The Bertz CT molecular complexity index is 221. The van der Waals surface area contributed by atoms with Crippen molar-refractivity contribution >= 4 is 0 Å². The van der Waals surface area contributed by atoms with E-state index in [1.807, 2.05) is 0 Å². The second-order valence-electron chi connectivity index (χ2n) is 6.66. The van der Waals surface area contributed by atoms with Crippen LogP contribution in [0.15, 0.2) is 0 Å². The van der Waals surface area contributed by atoms with Gasteiger partial charge >= 0.3 is 0 Å². The van der Waals surface area contributed by atoms with E-state index in [1.165, 1.54) is 38.6 Å². The average Bonchev–Trinajstić information content (AvgIpc) is 2.43. The molecule has 1 heterocycles. The Kier molecular flexibility index (Phi) is 2.87. The van der Waals surface area contributed by atoms with Crippen molar-refractivity contribution < 1.29 is 0 Å². The van der Waals surface area contributed by atoms with Gasteiger partial charge in [-0.1, -0.05) is 13.8 Å². The summed E-state index contributed by atoms with van der Waals surface area (Å²) in [5.74, 6) is 1.88. The van der Waals surface area contributed by atoms with E-state index >= 15 is 0 Å². The van der Waals surface area contributed by atoms with Gasteiger partial charge in [-0.25, -0.2) is 0 Å². The molecule has 0 radical (unpaired) electrons. The fraction of sp³-hybridized carbons (Fsp3) is 1.00. The normalized spacial score (nSPS) is 40.2. The predicted molar refractivity (Wildman–Crippen MR) is 65.9 cm³/mol. The first-order valence-electron chi connectivity index (χ1n) is 6.72. The van der Waals surface area contributed by atoms with Gasteiger partial charge in [-0.15, -0.1) is 0 Å². The molecule has 15 heavy (non-hydrogen) atoms. The molecule has 1 spiro atoms. The fourth-order valence-corrected chi connectivity index (χ4v) is 3.85. The number of hydrogen-bond donors (Lipinski definition) is 1. The molecule has 1 aliphatic carbocycles. The highest BCUT2D eigenvalue weighted by Gasteiger charge is 2.49. The zero-order chi connectivity index (χ0) is 11.1. The first-order chi connectivity index (χ1) is 6.97. The average molecular weight is 209 g/mol. The molecular formula is C14H27N. The summed E-state index contributed by atoms with van der Waals surface area (Å²) < 4.78 is 0. The van der Waals surface area contributed by atoms with Crippen molar-refractivity contribution in [1.82, 2.24) is 5.32 Å². The van der Waals surface area contributed by atoms with Crippen molar-refractivity contribution in [1.29, 1.82) is 0 Å². The molecule has 2 aliphatic rings. The highest BCUT2D eigenvalue weighted by molar-refractivity contribution is 5.05. The minimum atomic E-state index is 0.384. The molecule has 0 aromatic carbocycles. The van der Waals surface area contributed by atoms with Gasteiger partial charge in [0.05, 0.1) is 0 Å². The van der Waals surface area contributed by atoms with E-state index < -0.39 is 0 Å². The molecule has 1 nitrogen and oxygen atoms in total. The van der Waals surface area contributed by atoms with Gasteiger partial charge in [-0.2, -0.15) is 0 Å². The Hall–Kier alpha value is -0.0400. The van der Waals surface area contributed by atoms with E-state index in [4.69, 9.17) is 0 Å². The van der Waals surface area contributed by atoms with Gasteiger partial charge in [0.15, 0.2) is 0 Å². The minimum Gasteiger partial charge on any atom is -0.311 e. The van der Waals surface area contributed by atoms with E-state index in [9.17, 15) is 0 Å². The van der Waals surface area contributed by atoms with Crippen molar-refractivity contribution in [2.75, 3.05) is 6.54 Å². The molecular weight excluding hydrogens is 182 g/mol. The number of rotatable bonds is 1. The second kappa shape index (κ2) is 3.76. The van der Waals surface area contributed by atoms with Crippen LogP contribution in [0.5, 0.6) is 0 Å². The van der Waals surface area contributed by atoms with Crippen LogP contribution in [0, 0.1) is 17.3 Å². The third-order valence-corrected chi connectivity index (χ3v) is 5.43. The predicted octanol–water partition coefficient (Wildman–Crippen LogP) is 3.59. The van der Waals surface area contributed by atoms with Crippen LogP contribution in [0.3, 0.4) is 0 Å². The lowest BCUT2D eigenvalue weighted by Gasteiger charge is -2.47. The zero-order valence-corrected chi connectivity index (χ0v) is 10.9. The highest BCUT2D eigenvalue weighted by Crippen LogP contribution is 2.52. The van der Waals surface area contributed by atoms with Gasteiger partial charge in [-0.3, -0.25) is 0 Å². The SMILES string of the molecule is CC(C)C1CCC2(CCNC2(C)C)CC1. The van der Waals surface area contributed by atoms with Gasteiger partial charge in [0, 0.05) is 5.54 Å². The van der Waals surface area contributed by atoms with Crippen LogP contribution < -0.4 is 5.32 Å². The standard InChI is InChI=1S/C14H27N/c1-11(2)12-5-7-14(8-6-12)9-10-15-13(14,3)4/h11-12,15H,5-10H2,1-4H3. The quantitative estimate of drug-likeness (QED) is 0.696. The van der Waals surface area contributed by atoms with Crippen molar-refractivity contribution in [3.63, 3.8) is 0 Å². The van der Waals surface area contributed by atoms with Crippen LogP contribution >= 0.6 is 0 Å². The molecule has 2 rings (SSSR count). The summed E-state index contributed by atoms with van der Waals surface area (Å²) in [6.45, 7) is 10.8. The van der Waals surface area contributed by atoms with Gasteiger partial charge in [0.25, 0.3) is 0 Å². The summed E-state index contributed by atoms with van der Waals surface area (Å²) in [6, 6.07) is 0. The highest BCUT2D eigenvalue weighted by atomic mass is 15.0. The Morgan fingerprint density at radius 2 is 1.67 bits per heavy atom. The van der Waals surface area contributed by atoms with E-state index in [-0.39, 0.29) is 0 Å². The summed E-state index contributed by atoms with van der Waals surface area (Å²) in [4.78, 5) is 0. The lowest BCUT2D eigenvalue weighted by atomic mass is 9.60. The third-order valence-electron chi connectivity index (χ3n) is 5.43. The smallest absolute Gasteiger partial charge is 0.0181 e. The summed E-state index contributed by atoms with van der Waals surface area (Å²) in [6.07, 6.45) is 7.24. The van der Waals surface area contributed by atoms with Gasteiger partial charge in [0.2, 0.25) is 0 Å². The van der Waals surface area contributed by atoms with Gasteiger partial charge < -0.3 is 5.32 Å². The molecule has 2 fully saturated rings. The maximum absolute atomic E-state index is 3.70. The zero-order valence-electron chi connectivity index (χ0n) is 10.9. The lowest BCUT2D eigenvalue weighted by molar-refractivity contribution is 0.0712. The maximum atomic E-state index is 3.70. The van der Waals surface area contributed by atoms with Crippen LogP contribution in [-0.4, -0.2) is 12.1 Å². The Labute approximate surface area is 95.0 Å². The fourth-order valence-electron chi connectivity index (χ4n) is 3.85. The molecule has 1 N–H and O–H groups in total. The van der Waals surface area contributed by atoms with E-state index in [2.05, 4.69) is 33.0 Å². The topological polar surface area (TPSA) is 12.0 Å². The summed E-state index contributed by atoms with van der Waals surface area (Å²) >= 11 is 0. The molecule has 1 aliphatic heterocycles. The van der Waals surface area contributed by atoms with Crippen LogP contribution in [-0.2, 0) is 0 Å². The van der Waals surface area contributed by atoms with Crippen molar-refractivity contribution in [2.45, 2.75) is 65.3 Å². The Morgan fingerprint density at radius 3 is 2.07 bits per heavy atom. The van der Waals surface area contributed by atoms with Crippen LogP contribution in [0.1, 0.15) is 59.8 Å². The van der Waals surface area contributed by atoms with E-state index in [1.54, 1.807) is 0 Å². The van der Waals surface area contributed by atoms with E-state index in [0.717, 1.165) is 11.8 Å². The maximum Gasteiger partial charge on any atom is 0.0181 e. The summed E-state index contributed by atoms with van der Waals surface area (Å²) in [7, 11) is 0. The Morgan fingerprint density at radius 1 is 1.07 bits per heavy atom. The lowest BCUT2D eigenvalue weighted by Crippen LogP contribution is -2.48. The summed E-state index contributed by atoms with van der Waals surface area (Å²) in [5.41, 5.74) is 1.01. The van der Waals surface area contributed by atoms with Crippen molar-refractivity contribution in [3.05, 3.63) is 0 Å². The largest absolute Gasteiger partial charge is 0.311 e. The van der Waals surface area contributed by atoms with E-state index in [0.29, 0.717) is 11.0 Å². The Balaban J connectivity index is 2.03. The molecule has 1 heteroatoms. The monoisotopic (exact) mass is 209 g/mol. The van der Waals surface area contributed by atoms with Crippen LogP contribution in [0.25, 0.3) is 0 Å². The molecule has 88 valence electrons. The molecule has 0 aromatic rings. The van der Waals surface area contributed by atoms with Crippen LogP contribution in [0.2, 0.25) is 0 Å². The molecule has 1 saturated heterocycles. The number of nitrogens with one attached hydrogen (secondary N) is 1. The molecule has 0 atom stereocenters. The van der Waals surface area contributed by atoms with Gasteiger partial charge in [-0.05, 0) is 69.7 Å². The molecule has 0 aromatic heterocycles. The van der Waals surface area contributed by atoms with Gasteiger partial charge in [0.1, 0.15) is 0 Å². The third kappa shape index (κ3) is 1.84. The first-order valence-corrected chi connectivity index (χ1v) is 6.72. The first kappa shape index (κ1) is 11.4. The summed E-state index contributed by atoms with van der Waals surface area (Å²) in [5, 5.41) is 3.70. The molecule has 0 bridgehead atoms. The molecule has 0 amide bonds. The molecule has 0 unspecified atom stereocenters.